The van der Waals surface area contributed by atoms with E-state index in [0.717, 1.165) is 25.1 Å². The molecule has 1 amide bonds. The molecule has 0 bridgehead atoms. The number of benzene rings is 2. The van der Waals surface area contributed by atoms with Crippen LogP contribution in [0.4, 0.5) is 0 Å². The first-order valence-electron chi connectivity index (χ1n) is 10.4. The van der Waals surface area contributed by atoms with E-state index in [1.807, 2.05) is 26.1 Å². The topological polar surface area (TPSA) is 69.7 Å². The predicted molar refractivity (Wildman–Crippen MR) is 120 cm³/mol. The predicted octanol–water partition coefficient (Wildman–Crippen LogP) is 2.82. The highest BCUT2D eigenvalue weighted by Crippen LogP contribution is 2.17. The van der Waals surface area contributed by atoms with Crippen LogP contribution in [-0.4, -0.2) is 56.8 Å². The van der Waals surface area contributed by atoms with Crippen molar-refractivity contribution in [2.24, 2.45) is 0 Å². The molecule has 6 nitrogen and oxygen atoms in total. The van der Waals surface area contributed by atoms with Crippen molar-refractivity contribution in [2.45, 2.75) is 32.1 Å². The van der Waals surface area contributed by atoms with Crippen LogP contribution < -0.4 is 5.32 Å². The molecule has 3 rings (SSSR count). The van der Waals surface area contributed by atoms with Crippen LogP contribution in [0.5, 0.6) is 0 Å². The molecule has 1 saturated heterocycles. The molecule has 1 atom stereocenters. The number of hydrogen-bond donors (Lipinski definition) is 1. The minimum absolute atomic E-state index is 0.0429. The maximum atomic E-state index is 12.7. The van der Waals surface area contributed by atoms with Gasteiger partial charge in [-0.25, -0.2) is 8.42 Å². The molecule has 7 heteroatoms. The van der Waals surface area contributed by atoms with Crippen molar-refractivity contribution in [1.29, 1.82) is 0 Å². The van der Waals surface area contributed by atoms with Gasteiger partial charge in [-0.3, -0.25) is 4.79 Å². The Balaban J connectivity index is 1.59. The quantitative estimate of drug-likeness (QED) is 0.735. The molecule has 0 spiro atoms. The average molecular weight is 430 g/mol. The SMILES string of the molecule is CCc1ccc(C(C)NC(=O)c2ccc(CS(=O)(=O)N3CCN(C)CC3)cc2)cc1. The normalized spacial score (nSPS) is 16.9. The molecule has 1 N–H and O–H groups in total. The Morgan fingerprint density at radius 2 is 1.53 bits per heavy atom. The Morgan fingerprint density at radius 1 is 0.967 bits per heavy atom. The Bertz CT molecular complexity index is 948. The number of piperazine rings is 1. The van der Waals surface area contributed by atoms with Gasteiger partial charge in [0.2, 0.25) is 10.0 Å². The zero-order valence-electron chi connectivity index (χ0n) is 18.0. The highest BCUT2D eigenvalue weighted by atomic mass is 32.2. The molecule has 2 aromatic rings. The number of nitrogens with one attached hydrogen (secondary N) is 1. The van der Waals surface area contributed by atoms with Crippen LogP contribution in [0.25, 0.3) is 0 Å². The molecule has 0 saturated carbocycles. The van der Waals surface area contributed by atoms with Crippen LogP contribution >= 0.6 is 0 Å². The first-order chi connectivity index (χ1) is 14.3. The van der Waals surface area contributed by atoms with E-state index in [9.17, 15) is 13.2 Å². The van der Waals surface area contributed by atoms with Gasteiger partial charge in [0, 0.05) is 31.7 Å². The van der Waals surface area contributed by atoms with E-state index in [-0.39, 0.29) is 17.7 Å². The fourth-order valence-corrected chi connectivity index (χ4v) is 5.04. The number of hydrogen-bond acceptors (Lipinski definition) is 4. The Labute approximate surface area is 179 Å². The number of aryl methyl sites for hydroxylation is 1. The second-order valence-electron chi connectivity index (χ2n) is 7.95. The van der Waals surface area contributed by atoms with Gasteiger partial charge in [-0.15, -0.1) is 0 Å². The van der Waals surface area contributed by atoms with E-state index in [0.29, 0.717) is 24.2 Å². The monoisotopic (exact) mass is 429 g/mol. The molecule has 1 unspecified atom stereocenters. The number of rotatable bonds is 7. The highest BCUT2D eigenvalue weighted by molar-refractivity contribution is 7.88. The Hall–Kier alpha value is -2.22. The summed E-state index contributed by atoms with van der Waals surface area (Å²) in [5.74, 6) is -0.214. The van der Waals surface area contributed by atoms with Gasteiger partial charge in [0.15, 0.2) is 0 Å². The van der Waals surface area contributed by atoms with E-state index in [1.54, 1.807) is 28.6 Å². The molecular formula is C23H31N3O3S. The zero-order chi connectivity index (χ0) is 21.7. The number of nitrogens with zero attached hydrogens (tertiary/aromatic N) is 2. The zero-order valence-corrected chi connectivity index (χ0v) is 18.8. The van der Waals surface area contributed by atoms with Crippen molar-refractivity contribution in [1.82, 2.24) is 14.5 Å². The first kappa shape index (κ1) is 22.5. The number of likely N-dealkylation sites (N-methyl/N-ethyl adjacent to an activating group) is 1. The summed E-state index contributed by atoms with van der Waals surface area (Å²) in [6.45, 7) is 6.61. The molecule has 162 valence electrons. The highest BCUT2D eigenvalue weighted by Gasteiger charge is 2.25. The second kappa shape index (κ2) is 9.73. The Morgan fingerprint density at radius 3 is 2.10 bits per heavy atom. The van der Waals surface area contributed by atoms with Gasteiger partial charge in [0.05, 0.1) is 11.8 Å². The minimum atomic E-state index is -3.35. The summed E-state index contributed by atoms with van der Waals surface area (Å²) in [5, 5.41) is 3.00. The van der Waals surface area contributed by atoms with Crippen LogP contribution in [-0.2, 0) is 22.2 Å². The summed E-state index contributed by atoms with van der Waals surface area (Å²) in [5.41, 5.74) is 3.52. The molecule has 1 aliphatic heterocycles. The third-order valence-corrected chi connectivity index (χ3v) is 7.51. The van der Waals surface area contributed by atoms with E-state index >= 15 is 0 Å². The molecular weight excluding hydrogens is 398 g/mol. The van der Waals surface area contributed by atoms with Gasteiger partial charge < -0.3 is 10.2 Å². The van der Waals surface area contributed by atoms with Crippen molar-refractivity contribution >= 4 is 15.9 Å². The van der Waals surface area contributed by atoms with Crippen LogP contribution in [0.15, 0.2) is 48.5 Å². The third-order valence-electron chi connectivity index (χ3n) is 5.66. The van der Waals surface area contributed by atoms with Crippen molar-refractivity contribution in [3.05, 3.63) is 70.8 Å². The number of amides is 1. The molecule has 30 heavy (non-hydrogen) atoms. The van der Waals surface area contributed by atoms with Crippen molar-refractivity contribution in [3.8, 4) is 0 Å². The van der Waals surface area contributed by atoms with E-state index in [1.165, 1.54) is 5.56 Å². The number of carbonyl (C=O) groups is 1. The lowest BCUT2D eigenvalue weighted by Crippen LogP contribution is -2.47. The van der Waals surface area contributed by atoms with Crippen LogP contribution in [0.3, 0.4) is 0 Å². The smallest absolute Gasteiger partial charge is 0.251 e. The maximum Gasteiger partial charge on any atom is 0.251 e. The van der Waals surface area contributed by atoms with Gasteiger partial charge in [0.1, 0.15) is 0 Å². The van der Waals surface area contributed by atoms with Crippen LogP contribution in [0, 0.1) is 0 Å². The second-order valence-corrected chi connectivity index (χ2v) is 9.91. The lowest BCUT2D eigenvalue weighted by atomic mass is 10.0. The standard InChI is InChI=1S/C23H31N3O3S/c1-4-19-5-9-21(10-6-19)18(2)24-23(27)22-11-7-20(8-12-22)17-30(28,29)26-15-13-25(3)14-16-26/h5-12,18H,4,13-17H2,1-3H3,(H,24,27). The average Bonchev–Trinajstić information content (AvgIpc) is 2.74. The number of sulfonamides is 1. The molecule has 1 aliphatic rings. The number of carbonyl (C=O) groups excluding carboxylic acids is 1. The summed E-state index contributed by atoms with van der Waals surface area (Å²) < 4.78 is 26.9. The first-order valence-corrected chi connectivity index (χ1v) is 12.0. The lowest BCUT2D eigenvalue weighted by Gasteiger charge is -2.31. The van der Waals surface area contributed by atoms with Gasteiger partial charge in [0.25, 0.3) is 5.91 Å². The van der Waals surface area contributed by atoms with Gasteiger partial charge >= 0.3 is 0 Å². The van der Waals surface area contributed by atoms with E-state index < -0.39 is 10.0 Å². The molecule has 1 fully saturated rings. The third kappa shape index (κ3) is 5.68. The van der Waals surface area contributed by atoms with E-state index in [4.69, 9.17) is 0 Å². The minimum Gasteiger partial charge on any atom is -0.346 e. The summed E-state index contributed by atoms with van der Waals surface area (Å²) in [4.78, 5) is 14.7. The van der Waals surface area contributed by atoms with E-state index in [2.05, 4.69) is 29.3 Å². The molecule has 0 aromatic heterocycles. The lowest BCUT2D eigenvalue weighted by molar-refractivity contribution is 0.0940. The molecule has 0 aliphatic carbocycles. The summed E-state index contributed by atoms with van der Waals surface area (Å²) in [7, 11) is -1.35. The van der Waals surface area contributed by atoms with Gasteiger partial charge in [-0.2, -0.15) is 4.31 Å². The van der Waals surface area contributed by atoms with Gasteiger partial charge in [-0.1, -0.05) is 43.3 Å². The maximum absolute atomic E-state index is 12.7. The van der Waals surface area contributed by atoms with Gasteiger partial charge in [-0.05, 0) is 49.2 Å². The fraction of sp³-hybridized carbons (Fsp3) is 0.435. The molecule has 2 aromatic carbocycles. The fourth-order valence-electron chi connectivity index (χ4n) is 3.53. The van der Waals surface area contributed by atoms with Crippen molar-refractivity contribution in [3.63, 3.8) is 0 Å². The summed E-state index contributed by atoms with van der Waals surface area (Å²) in [6.07, 6.45) is 0.984. The van der Waals surface area contributed by atoms with Crippen molar-refractivity contribution < 1.29 is 13.2 Å². The van der Waals surface area contributed by atoms with Crippen LogP contribution in [0.2, 0.25) is 0 Å². The molecule has 1 heterocycles. The van der Waals surface area contributed by atoms with Crippen molar-refractivity contribution in [2.75, 3.05) is 33.2 Å². The molecule has 0 radical (unpaired) electrons. The van der Waals surface area contributed by atoms with Crippen LogP contribution in [0.1, 0.15) is 46.9 Å². The summed E-state index contributed by atoms with van der Waals surface area (Å²) in [6, 6.07) is 15.0. The largest absolute Gasteiger partial charge is 0.346 e. The summed E-state index contributed by atoms with van der Waals surface area (Å²) >= 11 is 0. The Kier molecular flexibility index (Phi) is 7.28.